The van der Waals surface area contributed by atoms with Crippen LogP contribution in [0.1, 0.15) is 124 Å². The number of nitrogens with one attached hydrogen (secondary N) is 18. The van der Waals surface area contributed by atoms with Crippen LogP contribution in [0, 0.1) is 23.2 Å². The average Bonchev–Trinajstić information content (AvgIpc) is 1.65. The fraction of sp³-hybridized carbons (Fsp3) is 0.530. The van der Waals surface area contributed by atoms with Gasteiger partial charge in [-0.25, -0.2) is 4.79 Å². The maximum atomic E-state index is 14.6. The summed E-state index contributed by atoms with van der Waals surface area (Å²) in [5.41, 5.74) is 19.2. The number of carbonyl (C=O) groups is 18. The molecule has 0 fully saturated rings. The summed E-state index contributed by atoms with van der Waals surface area (Å²) >= 11 is 1.30. The number of carboxylic acid groups (broad SMARTS) is 2. The number of benzene rings is 3. The molecule has 16 amide bonds. The van der Waals surface area contributed by atoms with Gasteiger partial charge in [0.25, 0.3) is 0 Å². The van der Waals surface area contributed by atoms with Crippen molar-refractivity contribution >= 4 is 135 Å². The molecule has 0 aliphatic rings. The van der Waals surface area contributed by atoms with Gasteiger partial charge in [-0.15, -0.1) is 0 Å². The molecule has 45 nitrogen and oxygen atoms in total. The number of nitrogens with two attached hydrogens (primary N) is 3. The third-order valence-electron chi connectivity index (χ3n) is 20.5. The lowest BCUT2D eigenvalue weighted by molar-refractivity contribution is -0.143. The number of aliphatic hydroxyl groups is 3. The van der Waals surface area contributed by atoms with E-state index in [2.05, 4.69) is 90.1 Å². The van der Waals surface area contributed by atoms with Gasteiger partial charge >= 0.3 is 11.9 Å². The molecular weight excluding hydrogens is 1710 g/mol. The van der Waals surface area contributed by atoms with Crippen molar-refractivity contribution in [2.24, 2.45) is 35.0 Å². The molecule has 30 N–H and O–H groups in total. The fourth-order valence-electron chi connectivity index (χ4n) is 12.7. The quantitative estimate of drug-likeness (QED) is 0.0111. The number of hydrogen-bond acceptors (Lipinski definition) is 25. The molecular formula is C83H123N21O24S. The fourth-order valence-corrected chi connectivity index (χ4v) is 13.2. The van der Waals surface area contributed by atoms with Crippen LogP contribution >= 0.6 is 11.8 Å². The Morgan fingerprint density at radius 3 is 1.40 bits per heavy atom. The Morgan fingerprint density at radius 2 is 0.884 bits per heavy atom. The van der Waals surface area contributed by atoms with E-state index in [9.17, 15) is 117 Å². The number of aliphatic hydroxyl groups excluding tert-OH is 3. The summed E-state index contributed by atoms with van der Waals surface area (Å²) < 4.78 is 0. The minimum Gasteiger partial charge on any atom is -0.508 e. The molecule has 3 aromatic carbocycles. The first-order chi connectivity index (χ1) is 60.7. The van der Waals surface area contributed by atoms with Crippen LogP contribution in [-0.2, 0) is 106 Å². The summed E-state index contributed by atoms with van der Waals surface area (Å²) in [6.07, 6.45) is -3.24. The van der Waals surface area contributed by atoms with Gasteiger partial charge in [-0.05, 0) is 112 Å². The number of guanidine groups is 1. The van der Waals surface area contributed by atoms with Crippen LogP contribution in [0.25, 0.3) is 10.9 Å². The highest BCUT2D eigenvalue weighted by atomic mass is 32.2. The van der Waals surface area contributed by atoms with Gasteiger partial charge in [-0.2, -0.15) is 11.8 Å². The maximum Gasteiger partial charge on any atom is 0.328 e. The van der Waals surface area contributed by atoms with Crippen molar-refractivity contribution in [3.8, 4) is 5.75 Å². The highest BCUT2D eigenvalue weighted by molar-refractivity contribution is 7.98. The SMILES string of the molecule is CC[C@H](C)[C@H](NC(=O)[C@@H](N)C(C)C)C(=O)N[C@@H](Cc1c[nH]c2ccccc12)C(=O)N[C@@H](CCCNC(=N)N)C(=O)NCC(=O)N[C@H](C(=O)N[C@H](C(=O)N[C@H](C(=O)N[C@@H](CC(=O)O)C(=O)N[C@@H](Cc1ccc(O)cc1)C(=O)N[C@@H](CC(N)=O)C(=O)N[C@@H](C)C(=O)N[C@@H](C)C(=O)N[C@@H](Cc1ccccc1)C(=O)N[C@@H](CCSC)C(=O)N[C@@H](CO)C(=O)O)[C@@H](C)O)[C@@H](C)O)C(C)C. The molecule has 1 heterocycles. The van der Waals surface area contributed by atoms with E-state index in [0.29, 0.717) is 34.2 Å². The number of H-pyrrole nitrogens is 1. The van der Waals surface area contributed by atoms with Crippen molar-refractivity contribution in [2.75, 3.05) is 31.7 Å². The first-order valence-corrected chi connectivity index (χ1v) is 43.0. The summed E-state index contributed by atoms with van der Waals surface area (Å²) in [5.74, 6) is -22.6. The lowest BCUT2D eigenvalue weighted by Crippen LogP contribution is -2.63. The molecule has 4 aromatic rings. The van der Waals surface area contributed by atoms with Crippen molar-refractivity contribution in [3.05, 3.63) is 102 Å². The second kappa shape index (κ2) is 53.5. The predicted molar refractivity (Wildman–Crippen MR) is 469 cm³/mol. The molecule has 0 spiro atoms. The smallest absolute Gasteiger partial charge is 0.328 e. The minimum atomic E-state index is -2.22. The van der Waals surface area contributed by atoms with Crippen LogP contribution < -0.4 is 102 Å². The lowest BCUT2D eigenvalue weighted by Gasteiger charge is -2.29. The standard InChI is InChI=1S/C83H123N21O24S/c1-12-41(6)65(102-77(122)63(85)39(2)3)79(124)98-56(33-48-36-89-51-22-17-16-21-50(48)51)75(120)93-52(23-18-29-88-83(86)87)70(115)90-37-61(110)101-64(40(4)5)78(123)103-67(45(10)107)81(126)104-66(44(9)106)80(125)99-58(35-62(111)112)76(121)96-55(32-47-24-26-49(108)27-25-47)74(119)97-57(34-60(84)109)72(117)92-42(7)68(113)91-43(8)69(114)95-54(31-46-19-14-13-15-20-46)73(118)94-53(28-30-129-11)71(116)100-59(38-105)82(127)128/h13-17,19-22,24-27,36,39-45,52-59,63-67,89,105-108H,12,18,23,28-35,37-38,85H2,1-11H3,(H2,84,109)(H,90,115)(H,91,113)(H,92,117)(H,93,120)(H,94,118)(H,95,114)(H,96,121)(H,97,119)(H,98,124)(H,99,125)(H,100,116)(H,101,110)(H,102,122)(H,103,123)(H,104,126)(H,111,112)(H,127,128)(H4,86,87,88)/t41-,42-,43-,44+,45+,52-,53-,54-,55-,56-,57-,58-,59-,63-,64-,65-,66-,67-/m0/s1. The Hall–Kier alpha value is -13.1. The number of carbonyl (C=O) groups excluding carboxylic acids is 16. The van der Waals surface area contributed by atoms with Crippen LogP contribution in [-0.4, -0.2) is 283 Å². The van der Waals surface area contributed by atoms with Gasteiger partial charge in [-0.1, -0.05) is 109 Å². The lowest BCUT2D eigenvalue weighted by atomic mass is 9.95. The van der Waals surface area contributed by atoms with E-state index in [4.69, 9.17) is 22.6 Å². The monoisotopic (exact) mass is 1830 g/mol. The molecule has 1 aromatic heterocycles. The van der Waals surface area contributed by atoms with Gasteiger partial charge < -0.3 is 138 Å². The van der Waals surface area contributed by atoms with Crippen LogP contribution in [0.2, 0.25) is 0 Å². The molecule has 0 aliphatic carbocycles. The van der Waals surface area contributed by atoms with Crippen LogP contribution in [0.15, 0.2) is 85.1 Å². The number of aromatic hydroxyl groups is 1. The summed E-state index contributed by atoms with van der Waals surface area (Å²) in [4.78, 5) is 250. The molecule has 46 heteroatoms. The minimum absolute atomic E-state index is 0.0139. The van der Waals surface area contributed by atoms with Crippen molar-refractivity contribution in [3.63, 3.8) is 0 Å². The van der Waals surface area contributed by atoms with Gasteiger partial charge in [0.2, 0.25) is 94.5 Å². The number of rotatable bonds is 55. The van der Waals surface area contributed by atoms with Crippen molar-refractivity contribution in [2.45, 2.75) is 230 Å². The van der Waals surface area contributed by atoms with Gasteiger partial charge in [0.15, 0.2) is 5.96 Å². The molecule has 4 rings (SSSR count). The highest BCUT2D eigenvalue weighted by Gasteiger charge is 2.41. The largest absolute Gasteiger partial charge is 0.508 e. The Morgan fingerprint density at radius 1 is 0.450 bits per heavy atom. The summed E-state index contributed by atoms with van der Waals surface area (Å²) in [5, 5.41) is 108. The summed E-state index contributed by atoms with van der Waals surface area (Å²) in [6, 6.07) is -4.22. The maximum absolute atomic E-state index is 14.6. The van der Waals surface area contributed by atoms with Crippen molar-refractivity contribution in [1.82, 2.24) is 90.1 Å². The Kier molecular flexibility index (Phi) is 44.9. The number of hydrogen-bond donors (Lipinski definition) is 27. The molecule has 0 bridgehead atoms. The van der Waals surface area contributed by atoms with Gasteiger partial charge in [0.1, 0.15) is 90.3 Å². The Balaban J connectivity index is 1.52. The number of aliphatic carboxylic acids is 2. The van der Waals surface area contributed by atoms with Crippen molar-refractivity contribution < 1.29 is 117 Å². The topological polar surface area (TPSA) is 739 Å². The van der Waals surface area contributed by atoms with Crippen LogP contribution in [0.5, 0.6) is 5.75 Å². The third kappa shape index (κ3) is 36.3. The molecule has 0 aliphatic heterocycles. The van der Waals surface area contributed by atoms with Crippen LogP contribution in [0.4, 0.5) is 0 Å². The van der Waals surface area contributed by atoms with E-state index in [1.165, 1.54) is 56.8 Å². The summed E-state index contributed by atoms with van der Waals surface area (Å²) in [6.45, 7) is 12.5. The second-order valence-electron chi connectivity index (χ2n) is 31.7. The average molecular weight is 1830 g/mol. The number of aromatic amines is 1. The first-order valence-electron chi connectivity index (χ1n) is 41.6. The van der Waals surface area contributed by atoms with Gasteiger partial charge in [0, 0.05) is 42.9 Å². The van der Waals surface area contributed by atoms with Crippen LogP contribution in [0.3, 0.4) is 0 Å². The van der Waals surface area contributed by atoms with E-state index >= 15 is 0 Å². The number of carboxylic acids is 2. The van der Waals surface area contributed by atoms with E-state index in [0.717, 1.165) is 20.8 Å². The number of amides is 16. The molecule has 0 saturated carbocycles. The number of thioether (sulfide) groups is 1. The second-order valence-corrected chi connectivity index (χ2v) is 32.7. The highest BCUT2D eigenvalue weighted by Crippen LogP contribution is 2.22. The normalized spacial score (nSPS) is 15.4. The molecule has 18 atom stereocenters. The molecule has 0 unspecified atom stereocenters. The molecule has 129 heavy (non-hydrogen) atoms. The van der Waals surface area contributed by atoms with Crippen molar-refractivity contribution in [1.29, 1.82) is 5.41 Å². The zero-order valence-corrected chi connectivity index (χ0v) is 74.3. The Bertz CT molecular complexity index is 4560. The molecule has 0 saturated heterocycles. The van der Waals surface area contributed by atoms with E-state index in [1.807, 2.05) is 0 Å². The third-order valence-corrected chi connectivity index (χ3v) is 21.1. The number of phenols is 1. The number of phenolic OH excluding ortho intramolecular Hbond substituents is 1. The first kappa shape index (κ1) is 108. The molecule has 0 radical (unpaired) electrons. The molecule has 710 valence electrons. The number of para-hydroxylation sites is 1. The number of fused-ring (bicyclic) bond motifs is 1. The van der Waals surface area contributed by atoms with E-state index < -0.39 is 259 Å². The predicted octanol–water partition coefficient (Wildman–Crippen LogP) is -6.27. The Labute approximate surface area is 748 Å². The van der Waals surface area contributed by atoms with Gasteiger partial charge in [0.05, 0.1) is 44.2 Å². The zero-order chi connectivity index (χ0) is 96.8. The zero-order valence-electron chi connectivity index (χ0n) is 73.5. The summed E-state index contributed by atoms with van der Waals surface area (Å²) in [7, 11) is 0. The van der Waals surface area contributed by atoms with E-state index in [-0.39, 0.29) is 55.9 Å². The van der Waals surface area contributed by atoms with E-state index in [1.54, 1.807) is 94.7 Å². The van der Waals surface area contributed by atoms with Gasteiger partial charge in [-0.3, -0.25) is 86.9 Å². The number of aromatic nitrogens is 1. The number of primary amides is 1.